The molecule has 2 nitrogen and oxygen atoms in total. The van der Waals surface area contributed by atoms with Gasteiger partial charge in [0, 0.05) is 23.1 Å². The smallest absolute Gasteiger partial charge is 0.0459 e. The Bertz CT molecular complexity index is 541. The monoisotopic (exact) mass is 242 g/mol. The Labute approximate surface area is 109 Å². The number of hydrogen-bond acceptors (Lipinski definition) is 1. The van der Waals surface area contributed by atoms with Gasteiger partial charge in [-0.15, -0.1) is 0 Å². The van der Waals surface area contributed by atoms with Crippen molar-refractivity contribution in [3.05, 3.63) is 35.5 Å². The fourth-order valence-electron chi connectivity index (χ4n) is 3.41. The van der Waals surface area contributed by atoms with E-state index in [0.29, 0.717) is 6.04 Å². The lowest BCUT2D eigenvalue weighted by Crippen LogP contribution is -2.29. The van der Waals surface area contributed by atoms with Crippen molar-refractivity contribution in [1.82, 2.24) is 10.3 Å². The summed E-state index contributed by atoms with van der Waals surface area (Å²) in [5.74, 6) is 0.801. The number of aryl methyl sites for hydroxylation is 1. The minimum Gasteiger partial charge on any atom is -0.361 e. The first kappa shape index (κ1) is 11.8. The van der Waals surface area contributed by atoms with Gasteiger partial charge in [-0.1, -0.05) is 18.6 Å². The van der Waals surface area contributed by atoms with Crippen molar-refractivity contribution in [2.75, 3.05) is 7.05 Å². The highest BCUT2D eigenvalue weighted by Crippen LogP contribution is 2.31. The van der Waals surface area contributed by atoms with Gasteiger partial charge in [0.2, 0.25) is 0 Å². The van der Waals surface area contributed by atoms with Crippen LogP contribution in [-0.4, -0.2) is 18.1 Å². The van der Waals surface area contributed by atoms with Gasteiger partial charge in [0.1, 0.15) is 0 Å². The van der Waals surface area contributed by atoms with Crippen molar-refractivity contribution < 1.29 is 0 Å². The summed E-state index contributed by atoms with van der Waals surface area (Å²) < 4.78 is 0. The molecular weight excluding hydrogens is 220 g/mol. The third-order valence-corrected chi connectivity index (χ3v) is 4.43. The fraction of sp³-hybridized carbons (Fsp3) is 0.500. The Morgan fingerprint density at radius 1 is 1.33 bits per heavy atom. The minimum atomic E-state index is 0.709. The molecule has 0 aliphatic heterocycles. The van der Waals surface area contributed by atoms with Crippen molar-refractivity contribution in [3.63, 3.8) is 0 Å². The quantitative estimate of drug-likeness (QED) is 0.848. The molecule has 0 saturated heterocycles. The largest absolute Gasteiger partial charge is 0.361 e. The van der Waals surface area contributed by atoms with Crippen LogP contribution in [-0.2, 0) is 6.42 Å². The molecule has 0 radical (unpaired) electrons. The van der Waals surface area contributed by atoms with Gasteiger partial charge >= 0.3 is 0 Å². The molecule has 2 aromatic rings. The van der Waals surface area contributed by atoms with Crippen LogP contribution in [0.25, 0.3) is 10.9 Å². The van der Waals surface area contributed by atoms with E-state index in [1.807, 2.05) is 0 Å². The van der Waals surface area contributed by atoms with Crippen LogP contribution in [0.15, 0.2) is 24.4 Å². The predicted octanol–water partition coefficient (Wildman–Crippen LogP) is 3.41. The van der Waals surface area contributed by atoms with Gasteiger partial charge in [-0.05, 0) is 56.3 Å². The Balaban J connectivity index is 1.86. The van der Waals surface area contributed by atoms with E-state index < -0.39 is 0 Å². The van der Waals surface area contributed by atoms with Crippen molar-refractivity contribution in [2.45, 2.75) is 38.6 Å². The lowest BCUT2D eigenvalue weighted by Gasteiger charge is -2.18. The van der Waals surface area contributed by atoms with Gasteiger partial charge in [-0.25, -0.2) is 0 Å². The lowest BCUT2D eigenvalue weighted by atomic mass is 9.94. The van der Waals surface area contributed by atoms with Crippen LogP contribution < -0.4 is 5.32 Å². The maximum absolute atomic E-state index is 3.47. The summed E-state index contributed by atoms with van der Waals surface area (Å²) in [6.45, 7) is 2.15. The maximum atomic E-state index is 3.47. The predicted molar refractivity (Wildman–Crippen MR) is 76.9 cm³/mol. The average molecular weight is 242 g/mol. The van der Waals surface area contributed by atoms with Crippen molar-refractivity contribution in [1.29, 1.82) is 0 Å². The maximum Gasteiger partial charge on any atom is 0.0459 e. The second-order valence-electron chi connectivity index (χ2n) is 5.65. The number of benzene rings is 1. The number of aromatic amines is 1. The molecule has 1 aromatic heterocycles. The molecule has 96 valence electrons. The SMILES string of the molecule is CNC1CCCC1Cc1c[nH]c2cc(C)ccc12. The highest BCUT2D eigenvalue weighted by atomic mass is 14.9. The van der Waals surface area contributed by atoms with Gasteiger partial charge in [0.05, 0.1) is 0 Å². The summed E-state index contributed by atoms with van der Waals surface area (Å²) >= 11 is 0. The summed E-state index contributed by atoms with van der Waals surface area (Å²) in [4.78, 5) is 3.42. The number of H-pyrrole nitrogens is 1. The van der Waals surface area contributed by atoms with E-state index in [-0.39, 0.29) is 0 Å². The Morgan fingerprint density at radius 2 is 2.22 bits per heavy atom. The lowest BCUT2D eigenvalue weighted by molar-refractivity contribution is 0.424. The zero-order valence-electron chi connectivity index (χ0n) is 11.3. The summed E-state index contributed by atoms with van der Waals surface area (Å²) in [5.41, 5.74) is 4.09. The zero-order chi connectivity index (χ0) is 12.5. The summed E-state index contributed by atoms with van der Waals surface area (Å²) in [6, 6.07) is 7.42. The van der Waals surface area contributed by atoms with Crippen molar-refractivity contribution >= 4 is 10.9 Å². The van der Waals surface area contributed by atoms with Crippen molar-refractivity contribution in [3.8, 4) is 0 Å². The van der Waals surface area contributed by atoms with E-state index in [0.717, 1.165) is 5.92 Å². The minimum absolute atomic E-state index is 0.709. The molecule has 1 fully saturated rings. The van der Waals surface area contributed by atoms with Crippen LogP contribution in [0.3, 0.4) is 0 Å². The van der Waals surface area contributed by atoms with Crippen LogP contribution in [0.2, 0.25) is 0 Å². The fourth-order valence-corrected chi connectivity index (χ4v) is 3.41. The normalized spacial score (nSPS) is 23.9. The number of aromatic nitrogens is 1. The van der Waals surface area contributed by atoms with E-state index in [4.69, 9.17) is 0 Å². The number of rotatable bonds is 3. The molecule has 1 aliphatic carbocycles. The molecule has 1 saturated carbocycles. The standard InChI is InChI=1S/C16H22N2/c1-11-6-7-14-13(10-18-16(14)8-11)9-12-4-3-5-15(12)17-2/h6-8,10,12,15,17-18H,3-5,9H2,1-2H3. The van der Waals surface area contributed by atoms with Gasteiger partial charge in [0.15, 0.2) is 0 Å². The number of fused-ring (bicyclic) bond motifs is 1. The second kappa shape index (κ2) is 4.77. The molecule has 0 spiro atoms. The van der Waals surface area contributed by atoms with Crippen LogP contribution in [0.4, 0.5) is 0 Å². The van der Waals surface area contributed by atoms with Crippen LogP contribution in [0, 0.1) is 12.8 Å². The molecule has 18 heavy (non-hydrogen) atoms. The first-order valence-electron chi connectivity index (χ1n) is 7.02. The molecule has 1 aromatic carbocycles. The molecule has 0 amide bonds. The van der Waals surface area contributed by atoms with Crippen molar-refractivity contribution in [2.24, 2.45) is 5.92 Å². The van der Waals surface area contributed by atoms with Gasteiger partial charge in [-0.3, -0.25) is 0 Å². The van der Waals surface area contributed by atoms with Crippen LogP contribution in [0.5, 0.6) is 0 Å². The molecule has 1 heterocycles. The third kappa shape index (κ3) is 2.05. The molecule has 0 bridgehead atoms. The van der Waals surface area contributed by atoms with Crippen LogP contribution >= 0.6 is 0 Å². The highest BCUT2D eigenvalue weighted by Gasteiger charge is 2.26. The second-order valence-corrected chi connectivity index (χ2v) is 5.65. The van der Waals surface area contributed by atoms with Gasteiger partial charge in [-0.2, -0.15) is 0 Å². The molecule has 3 rings (SSSR count). The third-order valence-electron chi connectivity index (χ3n) is 4.43. The topological polar surface area (TPSA) is 27.8 Å². The van der Waals surface area contributed by atoms with Gasteiger partial charge < -0.3 is 10.3 Å². The molecular formula is C16H22N2. The van der Waals surface area contributed by atoms with E-state index in [9.17, 15) is 0 Å². The van der Waals surface area contributed by atoms with Gasteiger partial charge in [0.25, 0.3) is 0 Å². The molecule has 2 atom stereocenters. The Morgan fingerprint density at radius 3 is 3.06 bits per heavy atom. The molecule has 2 heteroatoms. The molecule has 2 unspecified atom stereocenters. The Kier molecular flexibility index (Phi) is 3.13. The first-order valence-corrected chi connectivity index (χ1v) is 7.02. The van der Waals surface area contributed by atoms with E-state index in [2.05, 4.69) is 48.7 Å². The summed E-state index contributed by atoms with van der Waals surface area (Å²) in [5, 5.41) is 4.88. The van der Waals surface area contributed by atoms with E-state index in [1.165, 1.54) is 47.7 Å². The zero-order valence-corrected chi connectivity index (χ0v) is 11.3. The van der Waals surface area contributed by atoms with E-state index >= 15 is 0 Å². The summed E-state index contributed by atoms with van der Waals surface area (Å²) in [6.07, 6.45) is 7.48. The number of hydrogen-bond donors (Lipinski definition) is 2. The molecule has 2 N–H and O–H groups in total. The number of nitrogens with one attached hydrogen (secondary N) is 2. The van der Waals surface area contributed by atoms with Crippen LogP contribution in [0.1, 0.15) is 30.4 Å². The first-order chi connectivity index (χ1) is 8.78. The Hall–Kier alpha value is -1.28. The summed E-state index contributed by atoms with van der Waals surface area (Å²) in [7, 11) is 2.10. The average Bonchev–Trinajstić information content (AvgIpc) is 2.96. The molecule has 1 aliphatic rings. The van der Waals surface area contributed by atoms with E-state index in [1.54, 1.807) is 0 Å². The highest BCUT2D eigenvalue weighted by molar-refractivity contribution is 5.83.